The molecule has 2 rings (SSSR count). The molecule has 0 fully saturated rings. The van der Waals surface area contributed by atoms with Gasteiger partial charge in [0.15, 0.2) is 0 Å². The summed E-state index contributed by atoms with van der Waals surface area (Å²) in [6.07, 6.45) is 9.23. The maximum Gasteiger partial charge on any atom is 0.271 e. The monoisotopic (exact) mass is 260 g/mol. The Morgan fingerprint density at radius 1 is 1.37 bits per heavy atom. The van der Waals surface area contributed by atoms with Crippen molar-refractivity contribution < 1.29 is 4.79 Å². The highest BCUT2D eigenvalue weighted by molar-refractivity contribution is 5.92. The Kier molecular flexibility index (Phi) is 4.44. The zero-order valence-corrected chi connectivity index (χ0v) is 10.7. The van der Waals surface area contributed by atoms with Crippen molar-refractivity contribution in [3.8, 4) is 0 Å². The Morgan fingerprint density at radius 3 is 3.00 bits per heavy atom. The number of hydrogen-bond donors (Lipinski definition) is 2. The van der Waals surface area contributed by atoms with E-state index < -0.39 is 0 Å². The van der Waals surface area contributed by atoms with Crippen molar-refractivity contribution in [2.24, 2.45) is 0 Å². The number of imidazole rings is 1. The molecule has 0 aliphatic carbocycles. The lowest BCUT2D eigenvalue weighted by molar-refractivity contribution is 0.0947. The molecule has 2 N–H and O–H groups in total. The number of carbonyl (C=O) groups excluding carboxylic acids is 1. The van der Waals surface area contributed by atoms with Crippen LogP contribution in [-0.4, -0.2) is 39.0 Å². The summed E-state index contributed by atoms with van der Waals surface area (Å²) in [5.41, 5.74) is 0.314. The van der Waals surface area contributed by atoms with Gasteiger partial charge in [0.1, 0.15) is 11.5 Å². The summed E-state index contributed by atoms with van der Waals surface area (Å²) in [6.45, 7) is 1.41. The maximum absolute atomic E-state index is 11.8. The highest BCUT2D eigenvalue weighted by Gasteiger charge is 2.07. The van der Waals surface area contributed by atoms with Crippen molar-refractivity contribution in [1.82, 2.24) is 24.8 Å². The molecule has 0 unspecified atom stereocenters. The Labute approximate surface area is 111 Å². The highest BCUT2D eigenvalue weighted by atomic mass is 16.1. The number of nitrogens with zero attached hydrogens (tertiary/aromatic N) is 4. The van der Waals surface area contributed by atoms with Gasteiger partial charge in [-0.3, -0.25) is 9.78 Å². The van der Waals surface area contributed by atoms with Gasteiger partial charge in [-0.05, 0) is 6.42 Å². The third-order valence-corrected chi connectivity index (χ3v) is 2.56. The summed E-state index contributed by atoms with van der Waals surface area (Å²) in [5.74, 6) is 0.362. The van der Waals surface area contributed by atoms with Crippen molar-refractivity contribution in [3.63, 3.8) is 0 Å². The molecule has 0 spiro atoms. The summed E-state index contributed by atoms with van der Waals surface area (Å²) in [7, 11) is 1.73. The molecule has 7 heteroatoms. The van der Waals surface area contributed by atoms with E-state index in [1.54, 1.807) is 25.8 Å². The second-order valence-corrected chi connectivity index (χ2v) is 3.95. The van der Waals surface area contributed by atoms with Crippen LogP contribution in [0.15, 0.2) is 31.1 Å². The van der Waals surface area contributed by atoms with Gasteiger partial charge >= 0.3 is 0 Å². The third kappa shape index (κ3) is 3.77. The Hall–Kier alpha value is -2.44. The zero-order chi connectivity index (χ0) is 13.5. The molecule has 0 saturated carbocycles. The first-order valence-electron chi connectivity index (χ1n) is 6.03. The number of aromatic nitrogens is 4. The minimum absolute atomic E-state index is 0.213. The van der Waals surface area contributed by atoms with Gasteiger partial charge in [-0.1, -0.05) is 0 Å². The number of amides is 1. The van der Waals surface area contributed by atoms with Crippen LogP contribution >= 0.6 is 0 Å². The molecule has 0 atom stereocenters. The average Bonchev–Trinajstić information content (AvgIpc) is 2.96. The minimum Gasteiger partial charge on any atom is -0.372 e. The van der Waals surface area contributed by atoms with Crippen LogP contribution in [0.4, 0.5) is 5.82 Å². The highest BCUT2D eigenvalue weighted by Crippen LogP contribution is 2.00. The Bertz CT molecular complexity index is 525. The smallest absolute Gasteiger partial charge is 0.271 e. The molecule has 0 bridgehead atoms. The van der Waals surface area contributed by atoms with Crippen LogP contribution in [-0.2, 0) is 6.54 Å². The number of hydrogen-bond acceptors (Lipinski definition) is 5. The molecule has 7 nitrogen and oxygen atoms in total. The van der Waals surface area contributed by atoms with Crippen LogP contribution in [0.1, 0.15) is 16.9 Å². The third-order valence-electron chi connectivity index (χ3n) is 2.56. The van der Waals surface area contributed by atoms with E-state index in [4.69, 9.17) is 0 Å². The molecule has 0 aromatic carbocycles. The first-order chi connectivity index (χ1) is 9.29. The standard InChI is InChI=1S/C12H16N6O/c1-13-11-8-15-7-10(17-11)12(19)16-3-2-5-18-6-4-14-9-18/h4,6-9H,2-3,5H2,1H3,(H,13,17)(H,16,19). The Morgan fingerprint density at radius 2 is 2.26 bits per heavy atom. The van der Waals surface area contributed by atoms with Crippen LogP contribution in [0.5, 0.6) is 0 Å². The maximum atomic E-state index is 11.8. The normalized spacial score (nSPS) is 10.2. The molecule has 100 valence electrons. The van der Waals surface area contributed by atoms with E-state index in [2.05, 4.69) is 25.6 Å². The quantitative estimate of drug-likeness (QED) is 0.740. The van der Waals surface area contributed by atoms with E-state index in [-0.39, 0.29) is 5.91 Å². The second kappa shape index (κ2) is 6.48. The number of anilines is 1. The SMILES string of the molecule is CNc1cncc(C(=O)NCCCn2ccnc2)n1. The van der Waals surface area contributed by atoms with E-state index in [0.29, 0.717) is 18.1 Å². The fourth-order valence-electron chi connectivity index (χ4n) is 1.57. The van der Waals surface area contributed by atoms with E-state index >= 15 is 0 Å². The van der Waals surface area contributed by atoms with E-state index in [1.807, 2.05) is 10.8 Å². The predicted molar refractivity (Wildman–Crippen MR) is 70.8 cm³/mol. The zero-order valence-electron chi connectivity index (χ0n) is 10.7. The number of rotatable bonds is 6. The topological polar surface area (TPSA) is 84.7 Å². The van der Waals surface area contributed by atoms with Crippen molar-refractivity contribution in [1.29, 1.82) is 0 Å². The predicted octanol–water partition coefficient (Wildman–Crippen LogP) is 0.535. The van der Waals surface area contributed by atoms with Crippen molar-refractivity contribution in [2.75, 3.05) is 18.9 Å². The van der Waals surface area contributed by atoms with Crippen molar-refractivity contribution >= 4 is 11.7 Å². The van der Waals surface area contributed by atoms with Gasteiger partial charge in [0.25, 0.3) is 5.91 Å². The summed E-state index contributed by atoms with van der Waals surface area (Å²) >= 11 is 0. The molecule has 2 aromatic rings. The first-order valence-corrected chi connectivity index (χ1v) is 6.03. The van der Waals surface area contributed by atoms with Crippen molar-refractivity contribution in [3.05, 3.63) is 36.8 Å². The van der Waals surface area contributed by atoms with Gasteiger partial charge in [0, 0.05) is 32.5 Å². The average molecular weight is 260 g/mol. The first kappa shape index (κ1) is 13.0. The fourth-order valence-corrected chi connectivity index (χ4v) is 1.57. The lowest BCUT2D eigenvalue weighted by Crippen LogP contribution is -2.26. The molecule has 2 aromatic heterocycles. The van der Waals surface area contributed by atoms with Crippen molar-refractivity contribution in [2.45, 2.75) is 13.0 Å². The lowest BCUT2D eigenvalue weighted by atomic mass is 10.3. The van der Waals surface area contributed by atoms with E-state index in [1.165, 1.54) is 6.20 Å². The van der Waals surface area contributed by atoms with Gasteiger partial charge in [-0.25, -0.2) is 9.97 Å². The number of nitrogens with one attached hydrogen (secondary N) is 2. The molecule has 0 aliphatic rings. The number of aryl methyl sites for hydroxylation is 1. The van der Waals surface area contributed by atoms with Crippen LogP contribution in [0.2, 0.25) is 0 Å². The molecule has 0 saturated heterocycles. The van der Waals surface area contributed by atoms with Gasteiger partial charge < -0.3 is 15.2 Å². The van der Waals surface area contributed by atoms with Crippen LogP contribution in [0, 0.1) is 0 Å². The molecule has 2 heterocycles. The van der Waals surface area contributed by atoms with Crippen LogP contribution in [0.3, 0.4) is 0 Å². The molecular formula is C12H16N6O. The molecular weight excluding hydrogens is 244 g/mol. The van der Waals surface area contributed by atoms with Gasteiger partial charge in [-0.2, -0.15) is 0 Å². The van der Waals surface area contributed by atoms with Gasteiger partial charge in [-0.15, -0.1) is 0 Å². The van der Waals surface area contributed by atoms with E-state index in [0.717, 1.165) is 13.0 Å². The van der Waals surface area contributed by atoms with Crippen LogP contribution in [0.25, 0.3) is 0 Å². The van der Waals surface area contributed by atoms with E-state index in [9.17, 15) is 4.79 Å². The lowest BCUT2D eigenvalue weighted by Gasteiger charge is -2.06. The summed E-state index contributed by atoms with van der Waals surface area (Å²) in [6, 6.07) is 0. The van der Waals surface area contributed by atoms with Gasteiger partial charge in [0.2, 0.25) is 0 Å². The molecule has 1 amide bonds. The molecule has 19 heavy (non-hydrogen) atoms. The summed E-state index contributed by atoms with van der Waals surface area (Å²) in [4.78, 5) is 23.8. The van der Waals surface area contributed by atoms with Crippen LogP contribution < -0.4 is 10.6 Å². The molecule has 0 radical (unpaired) electrons. The summed E-state index contributed by atoms with van der Waals surface area (Å²) in [5, 5.41) is 5.65. The van der Waals surface area contributed by atoms with Gasteiger partial charge in [0.05, 0.1) is 18.7 Å². The second-order valence-electron chi connectivity index (χ2n) is 3.95. The minimum atomic E-state index is -0.213. The summed E-state index contributed by atoms with van der Waals surface area (Å²) < 4.78 is 1.97. The largest absolute Gasteiger partial charge is 0.372 e. The number of carbonyl (C=O) groups is 1. The molecule has 0 aliphatic heterocycles. The Balaban J connectivity index is 1.77. The fraction of sp³-hybridized carbons (Fsp3) is 0.333.